The molecule has 0 unspecified atom stereocenters. The van der Waals surface area contributed by atoms with Gasteiger partial charge in [0.1, 0.15) is 34.5 Å². The van der Waals surface area contributed by atoms with E-state index in [4.69, 9.17) is 42.6 Å². The fraction of sp³-hybridized carbons (Fsp3) is 0.250. The lowest BCUT2D eigenvalue weighted by molar-refractivity contribution is 0.324. The second kappa shape index (κ2) is 19.5. The van der Waals surface area contributed by atoms with Crippen molar-refractivity contribution in [2.24, 2.45) is 0 Å². The van der Waals surface area contributed by atoms with Crippen molar-refractivity contribution in [2.45, 2.75) is 6.92 Å². The maximum absolute atomic E-state index is 9.29. The van der Waals surface area contributed by atoms with E-state index in [1.807, 2.05) is 43.3 Å². The van der Waals surface area contributed by atoms with E-state index in [0.29, 0.717) is 69.5 Å². The first-order chi connectivity index (χ1) is 24.8. The van der Waals surface area contributed by atoms with E-state index in [0.717, 1.165) is 22.3 Å². The zero-order valence-electron chi connectivity index (χ0n) is 30.3. The lowest BCUT2D eigenvalue weighted by Gasteiger charge is -2.16. The van der Waals surface area contributed by atoms with Gasteiger partial charge in [-0.1, -0.05) is 0 Å². The summed E-state index contributed by atoms with van der Waals surface area (Å²) in [5, 5.41) is 18.6. The minimum atomic E-state index is 0.485. The molecule has 0 aromatic heterocycles. The normalized spacial score (nSPS) is 10.7. The third-order valence-corrected chi connectivity index (χ3v) is 7.49. The molecule has 0 radical (unpaired) electrons. The van der Waals surface area contributed by atoms with E-state index in [2.05, 4.69) is 12.1 Å². The molecule has 266 valence electrons. The fourth-order valence-electron chi connectivity index (χ4n) is 5.09. The molecule has 0 bridgehead atoms. The van der Waals surface area contributed by atoms with Gasteiger partial charge in [-0.15, -0.1) is 0 Å². The van der Waals surface area contributed by atoms with Crippen LogP contribution in [0.3, 0.4) is 0 Å². The number of nitrogens with zero attached hydrogens (tertiary/aromatic N) is 2. The Hall–Kier alpha value is -6.46. The van der Waals surface area contributed by atoms with Crippen LogP contribution in [0.15, 0.2) is 78.9 Å². The van der Waals surface area contributed by atoms with Gasteiger partial charge in [0.25, 0.3) is 0 Å². The number of allylic oxidation sites excluding steroid dienone is 2. The minimum Gasteiger partial charge on any atom is -0.497 e. The second-order valence-electron chi connectivity index (χ2n) is 10.3. The topological polar surface area (TPSA) is 131 Å². The van der Waals surface area contributed by atoms with Gasteiger partial charge in [-0.25, -0.2) is 0 Å². The van der Waals surface area contributed by atoms with Crippen LogP contribution in [0.1, 0.15) is 29.2 Å². The summed E-state index contributed by atoms with van der Waals surface area (Å²) < 4.78 is 48.5. The highest BCUT2D eigenvalue weighted by atomic mass is 16.5. The number of nitriles is 2. The van der Waals surface area contributed by atoms with Crippen molar-refractivity contribution in [3.63, 3.8) is 0 Å². The zero-order chi connectivity index (χ0) is 37.3. The fourth-order valence-corrected chi connectivity index (χ4v) is 5.09. The second-order valence-corrected chi connectivity index (χ2v) is 10.3. The Kier molecular flexibility index (Phi) is 14.9. The standard InChI is InChI=1S/C20H21NO5.C20H21NO4/c1-22-15-8-13(9-16(12-15)23-2)17(6-7-21)14-10-18(24-3)20(26-5)19(11-14)25-4;1-5-25-15-6-7-19(20(13-15)24-4)18(8-9-21)14-10-16(22-2)12-17(11-14)23-3/h6,8-12H,1-5H3;6-8,10-13H,5H2,1-4H3/b17-6+;18-8-. The van der Waals surface area contributed by atoms with Gasteiger partial charge in [-0.3, -0.25) is 0 Å². The molecule has 0 atom stereocenters. The molecule has 4 aromatic carbocycles. The summed E-state index contributed by atoms with van der Waals surface area (Å²) in [7, 11) is 12.5. The summed E-state index contributed by atoms with van der Waals surface area (Å²) >= 11 is 0. The van der Waals surface area contributed by atoms with Crippen molar-refractivity contribution in [1.29, 1.82) is 10.5 Å². The molecule has 0 aliphatic heterocycles. The Labute approximate surface area is 299 Å². The highest BCUT2D eigenvalue weighted by molar-refractivity contribution is 5.86. The zero-order valence-corrected chi connectivity index (χ0v) is 30.3. The van der Waals surface area contributed by atoms with Crippen LogP contribution in [-0.2, 0) is 0 Å². The van der Waals surface area contributed by atoms with Gasteiger partial charge in [0.15, 0.2) is 11.5 Å². The molecule has 4 rings (SSSR count). The van der Waals surface area contributed by atoms with Gasteiger partial charge in [0, 0.05) is 41.5 Å². The van der Waals surface area contributed by atoms with Crippen molar-refractivity contribution in [2.75, 3.05) is 63.5 Å². The number of benzene rings is 4. The Morgan fingerprint density at radius 2 is 0.922 bits per heavy atom. The van der Waals surface area contributed by atoms with Crippen molar-refractivity contribution < 1.29 is 42.6 Å². The van der Waals surface area contributed by atoms with Gasteiger partial charge in [0.05, 0.1) is 75.6 Å². The van der Waals surface area contributed by atoms with E-state index in [1.165, 1.54) is 12.2 Å². The summed E-state index contributed by atoms with van der Waals surface area (Å²) in [6.07, 6.45) is 2.93. The number of hydrogen-bond donors (Lipinski definition) is 0. The molecule has 0 aliphatic carbocycles. The summed E-state index contributed by atoms with van der Waals surface area (Å²) in [5.74, 6) is 5.34. The summed E-state index contributed by atoms with van der Waals surface area (Å²) in [6.45, 7) is 2.49. The first-order valence-corrected chi connectivity index (χ1v) is 15.6. The molecular formula is C40H42N2O9. The molecule has 11 heteroatoms. The Bertz CT molecular complexity index is 1870. The molecule has 51 heavy (non-hydrogen) atoms. The Morgan fingerprint density at radius 3 is 1.31 bits per heavy atom. The van der Waals surface area contributed by atoms with Gasteiger partial charge >= 0.3 is 0 Å². The number of ether oxygens (including phenoxy) is 9. The van der Waals surface area contributed by atoms with E-state index in [1.54, 1.807) is 87.2 Å². The maximum atomic E-state index is 9.29. The molecule has 0 heterocycles. The van der Waals surface area contributed by atoms with Crippen LogP contribution in [0, 0.1) is 22.7 Å². The quantitative estimate of drug-likeness (QED) is 0.120. The molecule has 0 N–H and O–H groups in total. The molecule has 11 nitrogen and oxygen atoms in total. The predicted octanol–water partition coefficient (Wildman–Crippen LogP) is 7.75. The minimum absolute atomic E-state index is 0.485. The van der Waals surface area contributed by atoms with E-state index in [-0.39, 0.29) is 0 Å². The van der Waals surface area contributed by atoms with Crippen molar-refractivity contribution in [3.05, 3.63) is 101 Å². The Balaban J connectivity index is 0.000000276. The van der Waals surface area contributed by atoms with Gasteiger partial charge in [-0.05, 0) is 77.7 Å². The monoisotopic (exact) mass is 694 g/mol. The van der Waals surface area contributed by atoms with Crippen LogP contribution in [0.2, 0.25) is 0 Å². The summed E-state index contributed by atoms with van der Waals surface area (Å²) in [4.78, 5) is 0. The lowest BCUT2D eigenvalue weighted by atomic mass is 9.96. The van der Waals surface area contributed by atoms with Crippen LogP contribution in [0.4, 0.5) is 0 Å². The molecule has 0 aliphatic rings. The van der Waals surface area contributed by atoms with Crippen LogP contribution in [-0.4, -0.2) is 63.5 Å². The average Bonchev–Trinajstić information content (AvgIpc) is 3.18. The number of rotatable bonds is 14. The molecule has 0 amide bonds. The van der Waals surface area contributed by atoms with Crippen molar-refractivity contribution in [3.8, 4) is 63.9 Å². The van der Waals surface area contributed by atoms with Gasteiger partial charge in [0.2, 0.25) is 5.75 Å². The summed E-state index contributed by atoms with van der Waals surface area (Å²) in [5.41, 5.74) is 4.44. The molecular weight excluding hydrogens is 652 g/mol. The average molecular weight is 695 g/mol. The Morgan fingerprint density at radius 1 is 0.490 bits per heavy atom. The van der Waals surface area contributed by atoms with E-state index in [9.17, 15) is 10.5 Å². The third kappa shape index (κ3) is 9.80. The third-order valence-electron chi connectivity index (χ3n) is 7.49. The molecule has 0 fully saturated rings. The molecule has 0 spiro atoms. The van der Waals surface area contributed by atoms with Crippen molar-refractivity contribution in [1.82, 2.24) is 0 Å². The SMILES string of the molecule is CCOc1ccc(/C(=C\C#N)c2cc(OC)cc(OC)c2)c(OC)c1.COc1cc(OC)cc(/C(=C\C#N)c2cc(OC)c(OC)c(OC)c2)c1. The maximum Gasteiger partial charge on any atom is 0.203 e. The number of hydrogen-bond acceptors (Lipinski definition) is 11. The largest absolute Gasteiger partial charge is 0.497 e. The number of methoxy groups -OCH3 is 8. The van der Waals surface area contributed by atoms with Crippen LogP contribution in [0.5, 0.6) is 51.7 Å². The van der Waals surface area contributed by atoms with E-state index < -0.39 is 0 Å². The predicted molar refractivity (Wildman–Crippen MR) is 195 cm³/mol. The molecule has 0 saturated heterocycles. The first-order valence-electron chi connectivity index (χ1n) is 15.6. The van der Waals surface area contributed by atoms with Crippen LogP contribution >= 0.6 is 0 Å². The highest BCUT2D eigenvalue weighted by Crippen LogP contribution is 2.42. The van der Waals surface area contributed by atoms with Gasteiger partial charge < -0.3 is 42.6 Å². The van der Waals surface area contributed by atoms with Crippen LogP contribution < -0.4 is 42.6 Å². The van der Waals surface area contributed by atoms with Crippen LogP contribution in [0.25, 0.3) is 11.1 Å². The smallest absolute Gasteiger partial charge is 0.203 e. The van der Waals surface area contributed by atoms with E-state index >= 15 is 0 Å². The molecule has 4 aromatic rings. The first kappa shape index (κ1) is 39.0. The molecule has 0 saturated carbocycles. The summed E-state index contributed by atoms with van der Waals surface area (Å²) in [6, 6.07) is 24.2. The van der Waals surface area contributed by atoms with Gasteiger partial charge in [-0.2, -0.15) is 10.5 Å². The van der Waals surface area contributed by atoms with Crippen molar-refractivity contribution >= 4 is 11.1 Å². The highest BCUT2D eigenvalue weighted by Gasteiger charge is 2.18. The lowest BCUT2D eigenvalue weighted by Crippen LogP contribution is -1.98.